The van der Waals surface area contributed by atoms with Crippen molar-refractivity contribution in [2.45, 2.75) is 31.2 Å². The zero-order valence-corrected chi connectivity index (χ0v) is 15.5. The SMILES string of the molecule is CC(C)N(CCCBr)S(=O)(=O)c1ccc(Cl)c(Br)c1. The van der Waals surface area contributed by atoms with Crippen molar-refractivity contribution in [1.82, 2.24) is 4.31 Å². The minimum absolute atomic E-state index is 0.0847. The highest BCUT2D eigenvalue weighted by Gasteiger charge is 2.26. The molecule has 3 nitrogen and oxygen atoms in total. The van der Waals surface area contributed by atoms with E-state index >= 15 is 0 Å². The van der Waals surface area contributed by atoms with Gasteiger partial charge in [0.1, 0.15) is 0 Å². The highest BCUT2D eigenvalue weighted by molar-refractivity contribution is 9.10. The van der Waals surface area contributed by atoms with E-state index < -0.39 is 10.0 Å². The maximum Gasteiger partial charge on any atom is 0.243 e. The van der Waals surface area contributed by atoms with Crippen LogP contribution < -0.4 is 0 Å². The first-order chi connectivity index (χ1) is 8.80. The largest absolute Gasteiger partial charge is 0.243 e. The molecule has 0 N–H and O–H groups in total. The zero-order valence-electron chi connectivity index (χ0n) is 10.7. The number of halogens is 3. The van der Waals surface area contributed by atoms with E-state index in [1.807, 2.05) is 13.8 Å². The molecule has 1 aromatic carbocycles. The maximum absolute atomic E-state index is 12.6. The summed E-state index contributed by atoms with van der Waals surface area (Å²) in [6, 6.07) is 4.58. The topological polar surface area (TPSA) is 37.4 Å². The van der Waals surface area contributed by atoms with Crippen molar-refractivity contribution in [2.24, 2.45) is 0 Å². The molecule has 19 heavy (non-hydrogen) atoms. The molecule has 0 fully saturated rings. The normalized spacial score (nSPS) is 12.4. The summed E-state index contributed by atoms with van der Waals surface area (Å²) in [5.74, 6) is 0. The van der Waals surface area contributed by atoms with E-state index in [1.54, 1.807) is 12.1 Å². The van der Waals surface area contributed by atoms with Crippen molar-refractivity contribution in [3.63, 3.8) is 0 Å². The van der Waals surface area contributed by atoms with Crippen LogP contribution in [-0.2, 0) is 10.0 Å². The van der Waals surface area contributed by atoms with Crippen LogP contribution in [0.4, 0.5) is 0 Å². The summed E-state index contributed by atoms with van der Waals surface area (Å²) in [5.41, 5.74) is 0. The Balaban J connectivity index is 3.15. The van der Waals surface area contributed by atoms with Gasteiger partial charge in [0, 0.05) is 22.4 Å². The summed E-state index contributed by atoms with van der Waals surface area (Å²) in [4.78, 5) is 0.257. The number of rotatable bonds is 6. The molecule has 0 aliphatic carbocycles. The Hall–Kier alpha value is 0.380. The summed E-state index contributed by atoms with van der Waals surface area (Å²) >= 11 is 12.5. The van der Waals surface area contributed by atoms with Gasteiger partial charge in [-0.1, -0.05) is 27.5 Å². The average molecular weight is 434 g/mol. The molecule has 0 aliphatic heterocycles. The minimum Gasteiger partial charge on any atom is -0.207 e. The number of nitrogens with zero attached hydrogens (tertiary/aromatic N) is 1. The van der Waals surface area contributed by atoms with Gasteiger partial charge in [0.05, 0.1) is 9.92 Å². The monoisotopic (exact) mass is 431 g/mol. The fourth-order valence-electron chi connectivity index (χ4n) is 1.64. The third kappa shape index (κ3) is 4.43. The number of benzene rings is 1. The molecule has 0 atom stereocenters. The van der Waals surface area contributed by atoms with E-state index in [9.17, 15) is 8.42 Å². The standard InChI is InChI=1S/C12H16Br2ClNO2S/c1-9(2)16(7-3-6-13)19(17,18)10-4-5-12(15)11(14)8-10/h4-5,8-9H,3,6-7H2,1-2H3. The lowest BCUT2D eigenvalue weighted by molar-refractivity contribution is 0.355. The smallest absolute Gasteiger partial charge is 0.207 e. The van der Waals surface area contributed by atoms with Gasteiger partial charge in [-0.05, 0) is 54.4 Å². The van der Waals surface area contributed by atoms with Crippen LogP contribution in [-0.4, -0.2) is 30.6 Å². The summed E-state index contributed by atoms with van der Waals surface area (Å²) < 4.78 is 27.3. The molecular formula is C12H16Br2ClNO2S. The lowest BCUT2D eigenvalue weighted by Gasteiger charge is -2.25. The fourth-order valence-corrected chi connectivity index (χ4v) is 4.24. The van der Waals surface area contributed by atoms with Gasteiger partial charge in [-0.25, -0.2) is 8.42 Å². The zero-order chi connectivity index (χ0) is 14.6. The third-order valence-corrected chi connectivity index (χ3v) is 6.43. The van der Waals surface area contributed by atoms with E-state index in [-0.39, 0.29) is 10.9 Å². The highest BCUT2D eigenvalue weighted by Crippen LogP contribution is 2.27. The van der Waals surface area contributed by atoms with Gasteiger partial charge in [0.15, 0.2) is 0 Å². The van der Waals surface area contributed by atoms with Crippen molar-refractivity contribution < 1.29 is 8.42 Å². The van der Waals surface area contributed by atoms with Crippen molar-refractivity contribution in [2.75, 3.05) is 11.9 Å². The van der Waals surface area contributed by atoms with Crippen molar-refractivity contribution >= 4 is 53.5 Å². The lowest BCUT2D eigenvalue weighted by Crippen LogP contribution is -2.37. The third-order valence-electron chi connectivity index (χ3n) is 2.59. The van der Waals surface area contributed by atoms with Crippen molar-refractivity contribution in [3.8, 4) is 0 Å². The van der Waals surface area contributed by atoms with Crippen LogP contribution in [0.15, 0.2) is 27.6 Å². The number of alkyl halides is 1. The Bertz CT molecular complexity index is 535. The molecule has 1 aromatic rings. The van der Waals surface area contributed by atoms with Gasteiger partial charge < -0.3 is 0 Å². The van der Waals surface area contributed by atoms with Crippen LogP contribution in [0.3, 0.4) is 0 Å². The molecule has 7 heteroatoms. The van der Waals surface area contributed by atoms with Gasteiger partial charge in [-0.3, -0.25) is 0 Å². The molecule has 0 saturated heterocycles. The van der Waals surface area contributed by atoms with E-state index in [2.05, 4.69) is 31.9 Å². The van der Waals surface area contributed by atoms with Gasteiger partial charge in [0.25, 0.3) is 0 Å². The molecule has 108 valence electrons. The summed E-state index contributed by atoms with van der Waals surface area (Å²) in [7, 11) is -3.49. The van der Waals surface area contributed by atoms with Crippen LogP contribution >= 0.6 is 43.5 Å². The van der Waals surface area contributed by atoms with E-state index in [1.165, 1.54) is 10.4 Å². The predicted octanol–water partition coefficient (Wildman–Crippen LogP) is 4.29. The lowest BCUT2D eigenvalue weighted by atomic mass is 10.3. The summed E-state index contributed by atoms with van der Waals surface area (Å²) in [5, 5.41) is 1.27. The molecule has 0 heterocycles. The van der Waals surface area contributed by atoms with Crippen LogP contribution in [0.5, 0.6) is 0 Å². The first kappa shape index (κ1) is 17.4. The highest BCUT2D eigenvalue weighted by atomic mass is 79.9. The molecular weight excluding hydrogens is 417 g/mol. The van der Waals surface area contributed by atoms with E-state index in [0.29, 0.717) is 16.0 Å². The molecule has 1 rings (SSSR count). The number of hydrogen-bond acceptors (Lipinski definition) is 2. The first-order valence-corrected chi connectivity index (χ1v) is 9.56. The predicted molar refractivity (Wildman–Crippen MR) is 86.6 cm³/mol. The van der Waals surface area contributed by atoms with Gasteiger partial charge >= 0.3 is 0 Å². The minimum atomic E-state index is -3.49. The number of hydrogen-bond donors (Lipinski definition) is 0. The molecule has 0 bridgehead atoms. The number of sulfonamides is 1. The molecule has 0 unspecified atom stereocenters. The van der Waals surface area contributed by atoms with Gasteiger partial charge in [-0.15, -0.1) is 0 Å². The van der Waals surface area contributed by atoms with Crippen LogP contribution in [0.1, 0.15) is 20.3 Å². The van der Waals surface area contributed by atoms with Gasteiger partial charge in [0.2, 0.25) is 10.0 Å². The van der Waals surface area contributed by atoms with Crippen molar-refractivity contribution in [1.29, 1.82) is 0 Å². The average Bonchev–Trinajstić information content (AvgIpc) is 2.32. The second-order valence-electron chi connectivity index (χ2n) is 4.33. The fraction of sp³-hybridized carbons (Fsp3) is 0.500. The molecule has 0 spiro atoms. The Kier molecular flexibility index (Phi) is 6.79. The molecule has 0 amide bonds. The Morgan fingerprint density at radius 2 is 2.00 bits per heavy atom. The van der Waals surface area contributed by atoms with E-state index in [0.717, 1.165) is 11.8 Å². The summed E-state index contributed by atoms with van der Waals surface area (Å²) in [6.45, 7) is 4.24. The second kappa shape index (κ2) is 7.41. The molecule has 0 aliphatic rings. The molecule has 0 aromatic heterocycles. The van der Waals surface area contributed by atoms with E-state index in [4.69, 9.17) is 11.6 Å². The Morgan fingerprint density at radius 3 is 2.47 bits per heavy atom. The van der Waals surface area contributed by atoms with Crippen LogP contribution in [0.25, 0.3) is 0 Å². The Labute approximate surface area is 136 Å². The second-order valence-corrected chi connectivity index (χ2v) is 8.27. The summed E-state index contributed by atoms with van der Waals surface area (Å²) in [6.07, 6.45) is 0.770. The molecule has 0 radical (unpaired) electrons. The quantitative estimate of drug-likeness (QED) is 0.628. The van der Waals surface area contributed by atoms with Crippen LogP contribution in [0.2, 0.25) is 5.02 Å². The van der Waals surface area contributed by atoms with Gasteiger partial charge in [-0.2, -0.15) is 4.31 Å². The molecule has 0 saturated carbocycles. The van der Waals surface area contributed by atoms with Crippen molar-refractivity contribution in [3.05, 3.63) is 27.7 Å². The Morgan fingerprint density at radius 1 is 1.37 bits per heavy atom. The first-order valence-electron chi connectivity index (χ1n) is 5.83. The van der Waals surface area contributed by atoms with Crippen LogP contribution in [0, 0.1) is 0 Å². The maximum atomic E-state index is 12.6.